The van der Waals surface area contributed by atoms with E-state index in [2.05, 4.69) is 17.5 Å². The molecule has 1 aromatic rings. The number of hydrogen-bond donors (Lipinski definition) is 2. The zero-order valence-electron chi connectivity index (χ0n) is 12.8. The molecule has 2 N–H and O–H groups in total. The van der Waals surface area contributed by atoms with E-state index in [9.17, 15) is 4.79 Å². The lowest BCUT2D eigenvalue weighted by molar-refractivity contribution is -0.901. The third-order valence-electron chi connectivity index (χ3n) is 3.80. The van der Waals surface area contributed by atoms with Crippen LogP contribution in [0.4, 0.5) is 0 Å². The van der Waals surface area contributed by atoms with Crippen LogP contribution >= 0.6 is 0 Å². The van der Waals surface area contributed by atoms with Crippen molar-refractivity contribution >= 4 is 11.6 Å². The molecule has 0 spiro atoms. The second-order valence-corrected chi connectivity index (χ2v) is 5.32. The summed E-state index contributed by atoms with van der Waals surface area (Å²) in [4.78, 5) is 13.8. The van der Waals surface area contributed by atoms with Gasteiger partial charge in [0.2, 0.25) is 0 Å². The van der Waals surface area contributed by atoms with Crippen LogP contribution in [0.3, 0.4) is 0 Å². The topological polar surface area (TPSA) is 55.1 Å². The maximum Gasteiger partial charge on any atom is 0.275 e. The molecule has 114 valence electrons. The quantitative estimate of drug-likeness (QED) is 0.791. The van der Waals surface area contributed by atoms with Gasteiger partial charge in [-0.15, -0.1) is 0 Å². The van der Waals surface area contributed by atoms with Gasteiger partial charge in [0, 0.05) is 18.6 Å². The molecule has 0 unspecified atom stereocenters. The molecule has 0 atom stereocenters. The fourth-order valence-electron chi connectivity index (χ4n) is 2.63. The normalized spacial score (nSPS) is 18.2. The van der Waals surface area contributed by atoms with Gasteiger partial charge in [0.1, 0.15) is 5.75 Å². The lowest BCUT2D eigenvalue weighted by Crippen LogP contribution is -3.13. The lowest BCUT2D eigenvalue weighted by Gasteiger charge is -2.24. The summed E-state index contributed by atoms with van der Waals surface area (Å²) < 4.78 is 5.19. The number of amides is 1. The average molecular weight is 290 g/mol. The smallest absolute Gasteiger partial charge is 0.275 e. The number of hydrazone groups is 1. The van der Waals surface area contributed by atoms with E-state index in [1.54, 1.807) is 24.1 Å². The number of benzene rings is 1. The number of quaternary nitrogens is 1. The van der Waals surface area contributed by atoms with E-state index in [4.69, 9.17) is 4.74 Å². The Kier molecular flexibility index (Phi) is 5.75. The van der Waals surface area contributed by atoms with Crippen LogP contribution in [0, 0.1) is 0 Å². The summed E-state index contributed by atoms with van der Waals surface area (Å²) in [6.45, 7) is 5.65. The van der Waals surface area contributed by atoms with Crippen LogP contribution in [0.15, 0.2) is 29.4 Å². The maximum atomic E-state index is 12.1. The second-order valence-electron chi connectivity index (χ2n) is 5.32. The fraction of sp³-hybridized carbons (Fsp3) is 0.500. The first-order valence-corrected chi connectivity index (χ1v) is 7.57. The lowest BCUT2D eigenvalue weighted by atomic mass is 10.1. The third kappa shape index (κ3) is 4.29. The Labute approximate surface area is 126 Å². The zero-order valence-corrected chi connectivity index (χ0v) is 12.8. The van der Waals surface area contributed by atoms with Crippen molar-refractivity contribution in [2.24, 2.45) is 5.10 Å². The molecular formula is C16H24N3O2+. The zero-order chi connectivity index (χ0) is 15.1. The molecule has 21 heavy (non-hydrogen) atoms. The Morgan fingerprint density at radius 2 is 2.05 bits per heavy atom. The number of methoxy groups -OCH3 is 1. The summed E-state index contributed by atoms with van der Waals surface area (Å²) in [6, 6.07) is 7.17. The molecule has 5 nitrogen and oxygen atoms in total. The molecule has 1 fully saturated rings. The van der Waals surface area contributed by atoms with Crippen molar-refractivity contribution in [1.82, 2.24) is 5.43 Å². The van der Waals surface area contributed by atoms with E-state index < -0.39 is 0 Å². The number of nitrogens with one attached hydrogen (secondary N) is 2. The van der Waals surface area contributed by atoms with Crippen molar-refractivity contribution < 1.29 is 14.4 Å². The summed E-state index contributed by atoms with van der Waals surface area (Å²) in [6.07, 6.45) is 3.13. The maximum absolute atomic E-state index is 12.1. The van der Waals surface area contributed by atoms with Gasteiger partial charge in [-0.3, -0.25) is 4.79 Å². The summed E-state index contributed by atoms with van der Waals surface area (Å²) in [5.41, 5.74) is 4.24. The van der Waals surface area contributed by atoms with Gasteiger partial charge in [-0.25, -0.2) is 5.43 Å². The van der Waals surface area contributed by atoms with Crippen LogP contribution in [0.5, 0.6) is 5.75 Å². The van der Waals surface area contributed by atoms with Crippen LogP contribution in [0.2, 0.25) is 0 Å². The van der Waals surface area contributed by atoms with Gasteiger partial charge >= 0.3 is 0 Å². The van der Waals surface area contributed by atoms with Gasteiger partial charge in [-0.05, 0) is 18.6 Å². The number of carbonyl (C=O) groups excluding carboxylic acids is 1. The van der Waals surface area contributed by atoms with Crippen molar-refractivity contribution in [2.45, 2.75) is 26.2 Å². The van der Waals surface area contributed by atoms with Gasteiger partial charge in [-0.1, -0.05) is 19.1 Å². The van der Waals surface area contributed by atoms with Crippen molar-refractivity contribution in [3.8, 4) is 5.75 Å². The van der Waals surface area contributed by atoms with Crippen LogP contribution in [-0.2, 0) is 0 Å². The number of likely N-dealkylation sites (tertiary alicyclic amines) is 1. The minimum Gasteiger partial charge on any atom is -0.496 e. The second kappa shape index (κ2) is 7.78. The molecule has 0 aromatic heterocycles. The first-order chi connectivity index (χ1) is 10.2. The van der Waals surface area contributed by atoms with Crippen molar-refractivity contribution in [2.75, 3.05) is 26.7 Å². The first kappa shape index (κ1) is 15.5. The van der Waals surface area contributed by atoms with Crippen LogP contribution in [-0.4, -0.2) is 38.4 Å². The van der Waals surface area contributed by atoms with Gasteiger partial charge in [0.15, 0.2) is 0 Å². The molecule has 1 heterocycles. The molecular weight excluding hydrogens is 266 g/mol. The molecule has 1 saturated heterocycles. The van der Waals surface area contributed by atoms with E-state index in [0.29, 0.717) is 11.3 Å². The Morgan fingerprint density at radius 1 is 1.33 bits per heavy atom. The summed E-state index contributed by atoms with van der Waals surface area (Å²) >= 11 is 0. The van der Waals surface area contributed by atoms with Gasteiger partial charge in [0.25, 0.3) is 5.91 Å². The van der Waals surface area contributed by atoms with Gasteiger partial charge in [-0.2, -0.15) is 5.10 Å². The monoisotopic (exact) mass is 290 g/mol. The molecule has 2 rings (SSSR count). The summed E-state index contributed by atoms with van der Waals surface area (Å²) in [5.74, 6) is 0.348. The molecule has 1 aliphatic heterocycles. The van der Waals surface area contributed by atoms with Crippen LogP contribution < -0.4 is 15.1 Å². The van der Waals surface area contributed by atoms with Crippen LogP contribution in [0.1, 0.15) is 36.5 Å². The highest BCUT2D eigenvalue weighted by Crippen LogP contribution is 2.16. The molecule has 5 heteroatoms. The molecule has 0 radical (unpaired) electrons. The number of rotatable bonds is 5. The van der Waals surface area contributed by atoms with Crippen LogP contribution in [0.25, 0.3) is 0 Å². The molecule has 1 aromatic carbocycles. The molecule has 0 saturated carbocycles. The van der Waals surface area contributed by atoms with E-state index in [1.807, 2.05) is 12.1 Å². The first-order valence-electron chi connectivity index (χ1n) is 7.57. The predicted octanol–water partition coefficient (Wildman–Crippen LogP) is 0.870. The Balaban J connectivity index is 1.91. The number of para-hydroxylation sites is 1. The minimum absolute atomic E-state index is 0.219. The molecule has 1 amide bonds. The summed E-state index contributed by atoms with van der Waals surface area (Å²) in [7, 11) is 1.56. The summed E-state index contributed by atoms with van der Waals surface area (Å²) in [5, 5.41) is 4.28. The minimum atomic E-state index is -0.219. The molecule has 0 aliphatic carbocycles. The Hall–Kier alpha value is -1.88. The van der Waals surface area contributed by atoms with Crippen molar-refractivity contribution in [3.05, 3.63) is 29.8 Å². The number of piperidine rings is 1. The highest BCUT2D eigenvalue weighted by atomic mass is 16.5. The Bertz CT molecular complexity index is 504. The van der Waals surface area contributed by atoms with E-state index in [0.717, 1.165) is 31.6 Å². The number of hydrogen-bond acceptors (Lipinski definition) is 3. The Morgan fingerprint density at radius 3 is 2.71 bits per heavy atom. The standard InChI is InChI=1S/C16H23N3O2/c1-3-10-19-11-8-13(9-12-19)17-18-16(20)14-6-4-5-7-15(14)21-2/h4-7H,3,8-12H2,1-2H3,(H,18,20)/p+1. The molecule has 1 aliphatic rings. The van der Waals surface area contributed by atoms with E-state index >= 15 is 0 Å². The number of nitrogens with zero attached hydrogens (tertiary/aromatic N) is 1. The van der Waals surface area contributed by atoms with Crippen molar-refractivity contribution in [3.63, 3.8) is 0 Å². The SMILES string of the molecule is CCC[NH+]1CCC(=NNC(=O)c2ccccc2OC)CC1. The third-order valence-corrected chi connectivity index (χ3v) is 3.80. The van der Waals surface area contributed by atoms with Gasteiger partial charge in [0.05, 0.1) is 32.3 Å². The predicted molar refractivity (Wildman–Crippen MR) is 83.0 cm³/mol. The van der Waals surface area contributed by atoms with Gasteiger partial charge < -0.3 is 9.64 Å². The van der Waals surface area contributed by atoms with E-state index in [-0.39, 0.29) is 5.91 Å². The van der Waals surface area contributed by atoms with Crippen molar-refractivity contribution in [1.29, 1.82) is 0 Å². The highest BCUT2D eigenvalue weighted by Gasteiger charge is 2.18. The fourth-order valence-corrected chi connectivity index (χ4v) is 2.63. The highest BCUT2D eigenvalue weighted by molar-refractivity contribution is 5.97. The number of carbonyl (C=O) groups is 1. The largest absolute Gasteiger partial charge is 0.496 e. The number of ether oxygens (including phenoxy) is 1. The molecule has 0 bridgehead atoms. The van der Waals surface area contributed by atoms with E-state index in [1.165, 1.54) is 13.0 Å². The average Bonchev–Trinajstić information content (AvgIpc) is 2.54.